The van der Waals surface area contributed by atoms with E-state index in [2.05, 4.69) is 0 Å². The maximum Gasteiger partial charge on any atom is 1.00 e. The van der Waals surface area contributed by atoms with E-state index < -0.39 is 14.5 Å². The van der Waals surface area contributed by atoms with Gasteiger partial charge in [0.05, 0.1) is 0 Å². The fourth-order valence-corrected chi connectivity index (χ4v) is 1.31. The summed E-state index contributed by atoms with van der Waals surface area (Å²) in [5.41, 5.74) is 10.7. The van der Waals surface area contributed by atoms with Gasteiger partial charge < -0.3 is 12.9 Å². The van der Waals surface area contributed by atoms with Crippen LogP contribution in [-0.4, -0.2) is 19.4 Å². The van der Waals surface area contributed by atoms with Crippen LogP contribution in [-0.2, 0) is 13.6 Å². The Kier molecular flexibility index (Phi) is 16.2. The van der Waals surface area contributed by atoms with E-state index in [0.29, 0.717) is 19.6 Å². The fraction of sp³-hybridized carbons (Fsp3) is 1.00. The van der Waals surface area contributed by atoms with Gasteiger partial charge in [0.25, 0.3) is 0 Å². The van der Waals surface area contributed by atoms with Crippen LogP contribution in [0.4, 0.5) is 0 Å². The molecule has 5 nitrogen and oxygen atoms in total. The second-order valence-electron chi connectivity index (χ2n) is 2.63. The van der Waals surface area contributed by atoms with Gasteiger partial charge in [0.15, 0.2) is 6.23 Å². The van der Waals surface area contributed by atoms with E-state index in [0.717, 1.165) is 12.8 Å². The molecule has 0 radical (unpaired) electrons. The molecule has 0 aromatic carbocycles. The molecule has 0 aromatic rings. The van der Waals surface area contributed by atoms with Crippen LogP contribution in [0.1, 0.15) is 27.6 Å². The molecular formula is C7H19KN2O3P+. The third-order valence-electron chi connectivity index (χ3n) is 1.37. The summed E-state index contributed by atoms with van der Waals surface area (Å²) in [6.07, 6.45) is 1.77. The van der Waals surface area contributed by atoms with E-state index in [9.17, 15) is 4.57 Å². The molecule has 0 rings (SSSR count). The minimum atomic E-state index is -2.07. The van der Waals surface area contributed by atoms with Gasteiger partial charge in [-0.15, -0.1) is 9.05 Å². The summed E-state index contributed by atoms with van der Waals surface area (Å²) < 4.78 is 20.7. The number of nitrogens with two attached hydrogens (primary N) is 2. The van der Waals surface area contributed by atoms with Gasteiger partial charge in [0.2, 0.25) is 0 Å². The summed E-state index contributed by atoms with van der Waals surface area (Å²) >= 11 is 0. The van der Waals surface area contributed by atoms with E-state index in [-0.39, 0.29) is 52.8 Å². The van der Waals surface area contributed by atoms with Gasteiger partial charge in [0.1, 0.15) is 6.61 Å². The Balaban J connectivity index is -0.000000720. The monoisotopic (exact) mass is 249 g/mol. The second kappa shape index (κ2) is 12.6. The zero-order chi connectivity index (χ0) is 10.1. The standard InChI is InChI=1S/C7H18N2O3P.K.H/c1-2-3-6-11-13(10)12-7(9)4-5-8;;/h7H,2-6,8-9H2,1H3;;/q2*+1;-1. The zero-order valence-electron chi connectivity index (χ0n) is 9.94. The maximum atomic E-state index is 11.0. The first-order chi connectivity index (χ1) is 6.20. The normalized spacial score (nSPS) is 13.2. The average molecular weight is 249 g/mol. The quantitative estimate of drug-likeness (QED) is 0.230. The SMILES string of the molecule is CCCCO[P+](=O)OC(N)CCN.[H-].[K+]. The molecule has 0 saturated heterocycles. The number of rotatable bonds is 8. The van der Waals surface area contributed by atoms with Crippen molar-refractivity contribution in [3.63, 3.8) is 0 Å². The van der Waals surface area contributed by atoms with Crippen molar-refractivity contribution >= 4 is 8.25 Å². The van der Waals surface area contributed by atoms with Crippen LogP contribution in [0.3, 0.4) is 0 Å². The minimum Gasteiger partial charge on any atom is -1.00 e. The average Bonchev–Trinajstić information content (AvgIpc) is 2.05. The molecule has 0 saturated carbocycles. The van der Waals surface area contributed by atoms with Gasteiger partial charge in [-0.2, -0.15) is 0 Å². The first-order valence-corrected chi connectivity index (χ1v) is 5.52. The van der Waals surface area contributed by atoms with Crippen molar-refractivity contribution in [2.45, 2.75) is 32.4 Å². The van der Waals surface area contributed by atoms with Gasteiger partial charge in [-0.3, -0.25) is 0 Å². The van der Waals surface area contributed by atoms with Crippen molar-refractivity contribution in [3.8, 4) is 0 Å². The van der Waals surface area contributed by atoms with Gasteiger partial charge in [-0.25, -0.2) is 0 Å². The summed E-state index contributed by atoms with van der Waals surface area (Å²) in [5.74, 6) is 0. The van der Waals surface area contributed by atoms with Crippen LogP contribution >= 0.6 is 8.25 Å². The molecule has 14 heavy (non-hydrogen) atoms. The van der Waals surface area contributed by atoms with E-state index >= 15 is 0 Å². The zero-order valence-corrected chi connectivity index (χ0v) is 13.0. The molecule has 7 heteroatoms. The Hall–Kier alpha value is 1.58. The van der Waals surface area contributed by atoms with Crippen LogP contribution in [0, 0.1) is 0 Å². The summed E-state index contributed by atoms with van der Waals surface area (Å²) in [7, 11) is -2.07. The van der Waals surface area contributed by atoms with Crippen molar-refractivity contribution in [2.75, 3.05) is 13.2 Å². The van der Waals surface area contributed by atoms with Crippen molar-refractivity contribution in [1.82, 2.24) is 0 Å². The van der Waals surface area contributed by atoms with Gasteiger partial charge in [0, 0.05) is 11.0 Å². The van der Waals surface area contributed by atoms with Crippen molar-refractivity contribution < 1.29 is 66.4 Å². The molecule has 0 aliphatic heterocycles. The Labute approximate surface area is 130 Å². The summed E-state index contributed by atoms with van der Waals surface area (Å²) in [4.78, 5) is 0. The molecular weight excluding hydrogens is 230 g/mol. The van der Waals surface area contributed by atoms with Crippen LogP contribution in [0.2, 0.25) is 0 Å². The second-order valence-corrected chi connectivity index (χ2v) is 3.55. The molecule has 0 spiro atoms. The molecule has 0 aromatic heterocycles. The molecule has 0 fully saturated rings. The Morgan fingerprint density at radius 2 is 2.21 bits per heavy atom. The molecule has 2 atom stereocenters. The van der Waals surface area contributed by atoms with Crippen LogP contribution in [0.25, 0.3) is 0 Å². The molecule has 0 bridgehead atoms. The molecule has 0 amide bonds. The van der Waals surface area contributed by atoms with Crippen LogP contribution in [0.5, 0.6) is 0 Å². The molecule has 2 unspecified atom stereocenters. The molecule has 0 aliphatic rings. The minimum absolute atomic E-state index is 0. The summed E-state index contributed by atoms with van der Waals surface area (Å²) in [6, 6.07) is 0. The maximum absolute atomic E-state index is 11.0. The van der Waals surface area contributed by atoms with Crippen molar-refractivity contribution in [3.05, 3.63) is 0 Å². The molecule has 0 heterocycles. The number of unbranched alkanes of at least 4 members (excludes halogenated alkanes) is 1. The number of hydrogen-bond donors (Lipinski definition) is 2. The third kappa shape index (κ3) is 11.7. The first-order valence-electron chi connectivity index (χ1n) is 4.43. The first kappa shape index (κ1) is 18.0. The Bertz CT molecular complexity index is 156. The van der Waals surface area contributed by atoms with E-state index in [1.807, 2.05) is 6.92 Å². The topological polar surface area (TPSA) is 87.6 Å². The van der Waals surface area contributed by atoms with Gasteiger partial charge >= 0.3 is 59.6 Å². The predicted octanol–water partition coefficient (Wildman–Crippen LogP) is -1.77. The third-order valence-corrected chi connectivity index (χ3v) is 2.20. The molecule has 0 aliphatic carbocycles. The fourth-order valence-electron chi connectivity index (χ4n) is 0.641. The van der Waals surface area contributed by atoms with Crippen molar-refractivity contribution in [2.24, 2.45) is 11.5 Å². The molecule has 4 N–H and O–H groups in total. The largest absolute Gasteiger partial charge is 1.00 e. The van der Waals surface area contributed by atoms with Gasteiger partial charge in [-0.1, -0.05) is 13.3 Å². The van der Waals surface area contributed by atoms with E-state index in [1.54, 1.807) is 0 Å². The Morgan fingerprint density at radius 1 is 1.57 bits per heavy atom. The van der Waals surface area contributed by atoms with Gasteiger partial charge in [-0.05, 0) is 13.0 Å². The molecule has 80 valence electrons. The smallest absolute Gasteiger partial charge is 1.00 e. The van der Waals surface area contributed by atoms with E-state index in [4.69, 9.17) is 20.5 Å². The van der Waals surface area contributed by atoms with E-state index in [1.165, 1.54) is 0 Å². The number of hydrogen-bond acceptors (Lipinski definition) is 5. The van der Waals surface area contributed by atoms with Crippen molar-refractivity contribution in [1.29, 1.82) is 0 Å². The van der Waals surface area contributed by atoms with Crippen LogP contribution in [0.15, 0.2) is 0 Å². The Morgan fingerprint density at radius 3 is 2.71 bits per heavy atom. The summed E-state index contributed by atoms with van der Waals surface area (Å²) in [6.45, 7) is 2.89. The predicted molar refractivity (Wildman–Crippen MR) is 52.3 cm³/mol. The summed E-state index contributed by atoms with van der Waals surface area (Å²) in [5, 5.41) is 0. The van der Waals surface area contributed by atoms with Crippen LogP contribution < -0.4 is 62.9 Å².